The van der Waals surface area contributed by atoms with Gasteiger partial charge < -0.3 is 9.73 Å². The SMILES string of the molecule is O=S1(=O)CCC(CNCc2c(Cl)oc3ccccc23)C1. The third kappa shape index (κ3) is 2.85. The second-order valence-electron chi connectivity index (χ2n) is 5.25. The predicted molar refractivity (Wildman–Crippen MR) is 79.7 cm³/mol. The van der Waals surface area contributed by atoms with E-state index in [9.17, 15) is 8.42 Å². The number of halogens is 1. The van der Waals surface area contributed by atoms with Gasteiger partial charge in [-0.3, -0.25) is 0 Å². The topological polar surface area (TPSA) is 59.3 Å². The maximum Gasteiger partial charge on any atom is 0.199 e. The summed E-state index contributed by atoms with van der Waals surface area (Å²) in [4.78, 5) is 0. The lowest BCUT2D eigenvalue weighted by molar-refractivity contribution is 0.518. The first-order valence-corrected chi connectivity index (χ1v) is 8.82. The van der Waals surface area contributed by atoms with E-state index in [1.807, 2.05) is 24.3 Å². The van der Waals surface area contributed by atoms with Gasteiger partial charge in [0.1, 0.15) is 5.58 Å². The van der Waals surface area contributed by atoms with Gasteiger partial charge in [-0.05, 0) is 36.6 Å². The summed E-state index contributed by atoms with van der Waals surface area (Å²) < 4.78 is 28.3. The summed E-state index contributed by atoms with van der Waals surface area (Å²) in [5, 5.41) is 4.70. The summed E-state index contributed by atoms with van der Waals surface area (Å²) >= 11 is 6.11. The van der Waals surface area contributed by atoms with Gasteiger partial charge in [0.2, 0.25) is 0 Å². The van der Waals surface area contributed by atoms with Crippen LogP contribution in [-0.4, -0.2) is 26.5 Å². The summed E-state index contributed by atoms with van der Waals surface area (Å²) in [7, 11) is -2.81. The molecule has 1 fully saturated rings. The van der Waals surface area contributed by atoms with E-state index in [4.69, 9.17) is 16.0 Å². The zero-order valence-electron chi connectivity index (χ0n) is 10.9. The number of sulfone groups is 1. The molecule has 4 nitrogen and oxygen atoms in total. The molecule has 1 aromatic heterocycles. The molecule has 0 bridgehead atoms. The van der Waals surface area contributed by atoms with E-state index in [0.717, 1.165) is 23.0 Å². The molecule has 108 valence electrons. The number of rotatable bonds is 4. The molecule has 0 radical (unpaired) electrons. The van der Waals surface area contributed by atoms with Crippen LogP contribution in [0.5, 0.6) is 0 Å². The van der Waals surface area contributed by atoms with Crippen LogP contribution in [0.2, 0.25) is 5.22 Å². The van der Waals surface area contributed by atoms with Crippen molar-refractivity contribution < 1.29 is 12.8 Å². The van der Waals surface area contributed by atoms with E-state index in [1.54, 1.807) is 0 Å². The standard InChI is InChI=1S/C14H16ClNO3S/c15-14-12(11-3-1-2-4-13(11)19-14)8-16-7-10-5-6-20(17,18)9-10/h1-4,10,16H,5-9H2. The van der Waals surface area contributed by atoms with Gasteiger partial charge in [0.25, 0.3) is 0 Å². The lowest BCUT2D eigenvalue weighted by Crippen LogP contribution is -2.23. The normalized spacial score (nSPS) is 21.6. The molecular weight excluding hydrogens is 298 g/mol. The Hall–Kier alpha value is -1.04. The van der Waals surface area contributed by atoms with Crippen LogP contribution in [0, 0.1) is 5.92 Å². The van der Waals surface area contributed by atoms with E-state index in [1.165, 1.54) is 0 Å². The third-order valence-electron chi connectivity index (χ3n) is 3.71. The number of hydrogen-bond donors (Lipinski definition) is 1. The first-order chi connectivity index (χ1) is 9.55. The average Bonchev–Trinajstić information content (AvgIpc) is 2.90. The molecule has 2 heterocycles. The highest BCUT2D eigenvalue weighted by atomic mass is 35.5. The summed E-state index contributed by atoms with van der Waals surface area (Å²) in [5.74, 6) is 0.811. The lowest BCUT2D eigenvalue weighted by Gasteiger charge is -2.08. The number of hydrogen-bond acceptors (Lipinski definition) is 4. The summed E-state index contributed by atoms with van der Waals surface area (Å²) in [6.45, 7) is 1.28. The number of nitrogens with one attached hydrogen (secondary N) is 1. The highest BCUT2D eigenvalue weighted by molar-refractivity contribution is 7.91. The highest BCUT2D eigenvalue weighted by Crippen LogP contribution is 2.29. The Morgan fingerprint density at radius 3 is 2.90 bits per heavy atom. The van der Waals surface area contributed by atoms with Crippen molar-refractivity contribution in [1.82, 2.24) is 5.32 Å². The Bertz CT molecular complexity index is 723. The molecule has 20 heavy (non-hydrogen) atoms. The van der Waals surface area contributed by atoms with Gasteiger partial charge in [-0.25, -0.2) is 8.42 Å². The van der Waals surface area contributed by atoms with Crippen molar-refractivity contribution in [2.45, 2.75) is 13.0 Å². The van der Waals surface area contributed by atoms with Crippen molar-refractivity contribution in [3.05, 3.63) is 35.0 Å². The van der Waals surface area contributed by atoms with E-state index in [0.29, 0.717) is 29.8 Å². The van der Waals surface area contributed by atoms with Crippen molar-refractivity contribution >= 4 is 32.4 Å². The molecule has 1 unspecified atom stereocenters. The fourth-order valence-corrected chi connectivity index (χ4v) is 4.78. The summed E-state index contributed by atoms with van der Waals surface area (Å²) in [6.07, 6.45) is 0.745. The molecule has 0 aliphatic carbocycles. The van der Waals surface area contributed by atoms with Gasteiger partial charge in [0.15, 0.2) is 15.1 Å². The molecule has 0 amide bonds. The maximum absolute atomic E-state index is 11.4. The second kappa shape index (κ2) is 5.39. The fourth-order valence-electron chi connectivity index (χ4n) is 2.67. The van der Waals surface area contributed by atoms with Crippen LogP contribution in [0.1, 0.15) is 12.0 Å². The monoisotopic (exact) mass is 313 g/mol. The fraction of sp³-hybridized carbons (Fsp3) is 0.429. The maximum atomic E-state index is 11.4. The van der Waals surface area contributed by atoms with Gasteiger partial charge >= 0.3 is 0 Å². The molecule has 1 saturated heterocycles. The summed E-state index contributed by atoms with van der Waals surface area (Å²) in [5.41, 5.74) is 1.71. The summed E-state index contributed by atoms with van der Waals surface area (Å²) in [6, 6.07) is 7.71. The van der Waals surface area contributed by atoms with Crippen molar-refractivity contribution in [2.75, 3.05) is 18.1 Å². The Morgan fingerprint density at radius 2 is 2.15 bits per heavy atom. The van der Waals surface area contributed by atoms with Gasteiger partial charge in [0, 0.05) is 17.5 Å². The minimum Gasteiger partial charge on any atom is -0.444 e. The zero-order valence-corrected chi connectivity index (χ0v) is 12.5. The van der Waals surface area contributed by atoms with Gasteiger partial charge in [-0.15, -0.1) is 0 Å². The van der Waals surface area contributed by atoms with E-state index in [2.05, 4.69) is 5.32 Å². The lowest BCUT2D eigenvalue weighted by atomic mass is 10.1. The first-order valence-electron chi connectivity index (χ1n) is 6.62. The van der Waals surface area contributed by atoms with Crippen LogP contribution in [0.3, 0.4) is 0 Å². The van der Waals surface area contributed by atoms with Crippen molar-refractivity contribution in [3.63, 3.8) is 0 Å². The molecule has 1 aromatic carbocycles. The number of furan rings is 1. The van der Waals surface area contributed by atoms with Crippen molar-refractivity contribution in [3.8, 4) is 0 Å². The Kier molecular flexibility index (Phi) is 3.75. The van der Waals surface area contributed by atoms with Crippen molar-refractivity contribution in [1.29, 1.82) is 0 Å². The Labute approximate surface area is 123 Å². The van der Waals surface area contributed by atoms with Gasteiger partial charge in [-0.1, -0.05) is 18.2 Å². The van der Waals surface area contributed by atoms with Crippen LogP contribution in [0.25, 0.3) is 11.0 Å². The third-order valence-corrected chi connectivity index (χ3v) is 5.85. The quantitative estimate of drug-likeness (QED) is 0.942. The second-order valence-corrected chi connectivity index (χ2v) is 7.82. The first kappa shape index (κ1) is 13.9. The molecule has 2 aromatic rings. The van der Waals surface area contributed by atoms with Crippen molar-refractivity contribution in [2.24, 2.45) is 5.92 Å². The predicted octanol–water partition coefficient (Wildman–Crippen LogP) is 2.61. The molecule has 1 aliphatic heterocycles. The Morgan fingerprint density at radius 1 is 1.35 bits per heavy atom. The minimum absolute atomic E-state index is 0.206. The van der Waals surface area contributed by atoms with E-state index >= 15 is 0 Å². The van der Waals surface area contributed by atoms with Gasteiger partial charge in [0.05, 0.1) is 11.5 Å². The van der Waals surface area contributed by atoms with Crippen LogP contribution in [-0.2, 0) is 16.4 Å². The smallest absolute Gasteiger partial charge is 0.199 e. The molecule has 0 saturated carbocycles. The molecule has 6 heteroatoms. The molecular formula is C14H16ClNO3S. The Balaban J connectivity index is 1.64. The average molecular weight is 314 g/mol. The molecule has 3 rings (SSSR count). The van der Waals surface area contributed by atoms with Crippen LogP contribution >= 0.6 is 11.6 Å². The largest absolute Gasteiger partial charge is 0.444 e. The van der Waals surface area contributed by atoms with Crippen LogP contribution < -0.4 is 5.32 Å². The molecule has 1 aliphatic rings. The van der Waals surface area contributed by atoms with Crippen LogP contribution in [0.15, 0.2) is 28.7 Å². The minimum atomic E-state index is -2.81. The van der Waals surface area contributed by atoms with E-state index in [-0.39, 0.29) is 5.92 Å². The van der Waals surface area contributed by atoms with Gasteiger partial charge in [-0.2, -0.15) is 0 Å². The zero-order chi connectivity index (χ0) is 14.2. The molecule has 1 N–H and O–H groups in total. The number of fused-ring (bicyclic) bond motifs is 1. The van der Waals surface area contributed by atoms with E-state index < -0.39 is 9.84 Å². The van der Waals surface area contributed by atoms with Crippen LogP contribution in [0.4, 0.5) is 0 Å². The highest BCUT2D eigenvalue weighted by Gasteiger charge is 2.27. The number of para-hydroxylation sites is 1. The molecule has 1 atom stereocenters. The molecule has 0 spiro atoms. The number of benzene rings is 1.